The zero-order valence-corrected chi connectivity index (χ0v) is 6.43. The number of nitrogens with zero attached hydrogens (tertiary/aromatic N) is 1. The highest BCUT2D eigenvalue weighted by molar-refractivity contribution is 5.73. The van der Waals surface area contributed by atoms with Crippen molar-refractivity contribution < 1.29 is 4.84 Å². The predicted molar refractivity (Wildman–Crippen MR) is 38.1 cm³/mol. The molecule has 1 aliphatic rings. The highest BCUT2D eigenvalue weighted by atomic mass is 16.7. The van der Waals surface area contributed by atoms with Crippen LogP contribution in [-0.4, -0.2) is 12.1 Å². The maximum Gasteiger partial charge on any atom is 0.207 e. The van der Waals surface area contributed by atoms with Crippen molar-refractivity contribution >= 4 is 5.90 Å². The van der Waals surface area contributed by atoms with E-state index in [4.69, 9.17) is 4.84 Å². The number of rotatable bonds is 0. The summed E-state index contributed by atoms with van der Waals surface area (Å²) in [5.41, 5.74) is 2.67. The van der Waals surface area contributed by atoms with Gasteiger partial charge in [-0.15, -0.1) is 5.48 Å². The third-order valence-corrected chi connectivity index (χ3v) is 0.753. The Morgan fingerprint density at radius 1 is 1.56 bits per heavy atom. The second kappa shape index (κ2) is 4.32. The molecule has 0 amide bonds. The van der Waals surface area contributed by atoms with E-state index in [1.54, 1.807) is 0 Å². The van der Waals surface area contributed by atoms with Gasteiger partial charge in [-0.1, -0.05) is 13.8 Å². The molecule has 3 heteroatoms. The lowest BCUT2D eigenvalue weighted by molar-refractivity contribution is 0.184. The van der Waals surface area contributed by atoms with Gasteiger partial charge in [0, 0.05) is 6.92 Å². The second-order valence-electron chi connectivity index (χ2n) is 1.54. The van der Waals surface area contributed by atoms with Crippen molar-refractivity contribution in [3.05, 3.63) is 0 Å². The molecular weight excluding hydrogens is 116 g/mol. The number of nitrogens with one attached hydrogen (secondary N) is 1. The first-order chi connectivity index (χ1) is 4.29. The van der Waals surface area contributed by atoms with Crippen LogP contribution in [0.25, 0.3) is 0 Å². The lowest BCUT2D eigenvalue weighted by Crippen LogP contribution is -2.16. The summed E-state index contributed by atoms with van der Waals surface area (Å²) in [5, 5.41) is 0. The van der Waals surface area contributed by atoms with Crippen molar-refractivity contribution in [1.82, 2.24) is 5.48 Å². The first-order valence-electron chi connectivity index (χ1n) is 3.26. The zero-order valence-electron chi connectivity index (χ0n) is 6.43. The van der Waals surface area contributed by atoms with E-state index in [1.807, 2.05) is 27.7 Å². The minimum absolute atomic E-state index is 0.139. The minimum Gasteiger partial charge on any atom is -0.392 e. The number of hydrogen-bond donors (Lipinski definition) is 1. The Morgan fingerprint density at radius 2 is 2.11 bits per heavy atom. The Kier molecular flexibility index (Phi) is 4.05. The van der Waals surface area contributed by atoms with Crippen LogP contribution in [0.5, 0.6) is 0 Å². The lowest BCUT2D eigenvalue weighted by Gasteiger charge is -1.93. The molecule has 0 aromatic carbocycles. The van der Waals surface area contributed by atoms with Gasteiger partial charge in [0.25, 0.3) is 0 Å². The maximum absolute atomic E-state index is 4.77. The number of hydrogen-bond acceptors (Lipinski definition) is 3. The molecule has 0 aliphatic carbocycles. The average molecular weight is 130 g/mol. The van der Waals surface area contributed by atoms with Gasteiger partial charge in [0.15, 0.2) is 0 Å². The highest BCUT2D eigenvalue weighted by Gasteiger charge is 2.06. The Bertz CT molecular complexity index is 101. The van der Waals surface area contributed by atoms with Gasteiger partial charge in [-0.05, 0) is 6.92 Å². The van der Waals surface area contributed by atoms with Crippen molar-refractivity contribution in [2.45, 2.75) is 33.9 Å². The van der Waals surface area contributed by atoms with E-state index in [1.165, 1.54) is 0 Å². The first-order valence-corrected chi connectivity index (χ1v) is 3.26. The molecule has 1 rings (SSSR count). The standard InChI is InChI=1S/C4H8N2O.C2H6/c1-3-5-4(2)7-6-3;1-2/h3,6H,1-2H3;1-2H3. The van der Waals surface area contributed by atoms with Crippen LogP contribution in [-0.2, 0) is 4.84 Å². The van der Waals surface area contributed by atoms with E-state index >= 15 is 0 Å². The molecule has 1 N–H and O–H groups in total. The van der Waals surface area contributed by atoms with Gasteiger partial charge in [-0.2, -0.15) is 0 Å². The van der Waals surface area contributed by atoms with Crippen molar-refractivity contribution in [3.63, 3.8) is 0 Å². The summed E-state index contributed by atoms with van der Waals surface area (Å²) in [7, 11) is 0. The van der Waals surface area contributed by atoms with Crippen molar-refractivity contribution in [1.29, 1.82) is 0 Å². The molecule has 0 fully saturated rings. The van der Waals surface area contributed by atoms with Gasteiger partial charge in [0.1, 0.15) is 6.17 Å². The molecule has 0 radical (unpaired) electrons. The summed E-state index contributed by atoms with van der Waals surface area (Å²) in [6, 6.07) is 0. The highest BCUT2D eigenvalue weighted by Crippen LogP contribution is 1.94. The van der Waals surface area contributed by atoms with Gasteiger partial charge in [0.2, 0.25) is 5.90 Å². The van der Waals surface area contributed by atoms with E-state index in [2.05, 4.69) is 10.5 Å². The number of aliphatic imine (C=N–C) groups is 1. The summed E-state index contributed by atoms with van der Waals surface area (Å²) in [6.07, 6.45) is 0.139. The molecule has 0 spiro atoms. The summed E-state index contributed by atoms with van der Waals surface area (Å²) < 4.78 is 0. The fourth-order valence-electron chi connectivity index (χ4n) is 0.496. The predicted octanol–water partition coefficient (Wildman–Crippen LogP) is 1.31. The van der Waals surface area contributed by atoms with Crippen LogP contribution in [0.3, 0.4) is 0 Å². The number of hydroxylamine groups is 1. The molecule has 3 nitrogen and oxygen atoms in total. The molecule has 54 valence electrons. The zero-order chi connectivity index (χ0) is 7.28. The maximum atomic E-state index is 4.77. The molecular formula is C6H14N2O. The molecule has 0 aromatic heterocycles. The summed E-state index contributed by atoms with van der Waals surface area (Å²) in [4.78, 5) is 8.74. The van der Waals surface area contributed by atoms with Crippen LogP contribution in [0.2, 0.25) is 0 Å². The molecule has 1 heterocycles. The van der Waals surface area contributed by atoms with Crippen LogP contribution in [0, 0.1) is 0 Å². The fourth-order valence-corrected chi connectivity index (χ4v) is 0.496. The largest absolute Gasteiger partial charge is 0.392 e. The van der Waals surface area contributed by atoms with E-state index in [0.29, 0.717) is 5.90 Å². The average Bonchev–Trinajstić information content (AvgIpc) is 2.20. The van der Waals surface area contributed by atoms with E-state index in [9.17, 15) is 0 Å². The van der Waals surface area contributed by atoms with Crippen LogP contribution >= 0.6 is 0 Å². The Labute approximate surface area is 56.1 Å². The summed E-state index contributed by atoms with van der Waals surface area (Å²) in [5.74, 6) is 0.715. The molecule has 0 bridgehead atoms. The molecule has 0 aromatic rings. The third-order valence-electron chi connectivity index (χ3n) is 0.753. The molecule has 1 atom stereocenters. The minimum atomic E-state index is 0.139. The second-order valence-corrected chi connectivity index (χ2v) is 1.54. The quantitative estimate of drug-likeness (QED) is 0.536. The van der Waals surface area contributed by atoms with Crippen molar-refractivity contribution in [3.8, 4) is 0 Å². The molecule has 1 unspecified atom stereocenters. The fraction of sp³-hybridized carbons (Fsp3) is 0.833. The summed E-state index contributed by atoms with van der Waals surface area (Å²) in [6.45, 7) is 7.74. The van der Waals surface area contributed by atoms with Crippen molar-refractivity contribution in [2.75, 3.05) is 0 Å². The van der Waals surface area contributed by atoms with Crippen LogP contribution < -0.4 is 5.48 Å². The topological polar surface area (TPSA) is 33.6 Å². The van der Waals surface area contributed by atoms with Crippen LogP contribution in [0.15, 0.2) is 4.99 Å². The Hall–Kier alpha value is -0.570. The van der Waals surface area contributed by atoms with Crippen molar-refractivity contribution in [2.24, 2.45) is 4.99 Å². The van der Waals surface area contributed by atoms with Crippen LogP contribution in [0.1, 0.15) is 27.7 Å². The SMILES string of the molecule is CC.CC1=NC(C)NO1. The monoisotopic (exact) mass is 130 g/mol. The molecule has 9 heavy (non-hydrogen) atoms. The Morgan fingerprint density at radius 3 is 2.22 bits per heavy atom. The van der Waals surface area contributed by atoms with E-state index in [-0.39, 0.29) is 6.17 Å². The van der Waals surface area contributed by atoms with Crippen LogP contribution in [0.4, 0.5) is 0 Å². The van der Waals surface area contributed by atoms with Gasteiger partial charge in [-0.3, -0.25) is 0 Å². The lowest BCUT2D eigenvalue weighted by atomic mass is 10.6. The molecule has 0 saturated carbocycles. The van der Waals surface area contributed by atoms with E-state index in [0.717, 1.165) is 0 Å². The van der Waals surface area contributed by atoms with Gasteiger partial charge in [0.05, 0.1) is 0 Å². The van der Waals surface area contributed by atoms with Gasteiger partial charge in [-0.25, -0.2) is 4.99 Å². The molecule has 1 aliphatic heterocycles. The third kappa shape index (κ3) is 3.08. The van der Waals surface area contributed by atoms with Gasteiger partial charge >= 0.3 is 0 Å². The summed E-state index contributed by atoms with van der Waals surface area (Å²) >= 11 is 0. The first kappa shape index (κ1) is 8.43. The smallest absolute Gasteiger partial charge is 0.207 e. The van der Waals surface area contributed by atoms with Gasteiger partial charge < -0.3 is 4.84 Å². The Balaban J connectivity index is 0.000000291. The van der Waals surface area contributed by atoms with E-state index < -0.39 is 0 Å². The normalized spacial score (nSPS) is 23.6. The molecule has 0 saturated heterocycles.